The molecule has 0 unspecified atom stereocenters. The Bertz CT molecular complexity index is 466. The number of aliphatic imine (C=N–C) groups is 2. The molecule has 4 N–H and O–H groups in total. The first-order chi connectivity index (χ1) is 8.97. The molecule has 1 aromatic rings. The van der Waals surface area contributed by atoms with Crippen LogP contribution in [-0.4, -0.2) is 18.3 Å². The lowest BCUT2D eigenvalue weighted by atomic mass is 10.1. The number of hydrogen-bond acceptors (Lipinski definition) is 1. The molecule has 0 heterocycles. The van der Waals surface area contributed by atoms with Gasteiger partial charge in [0.05, 0.1) is 0 Å². The van der Waals surface area contributed by atoms with Crippen LogP contribution in [0.5, 0.6) is 0 Å². The zero-order valence-electron chi connectivity index (χ0n) is 11.4. The van der Waals surface area contributed by atoms with Crippen molar-refractivity contribution < 1.29 is 0 Å². The van der Waals surface area contributed by atoms with Crippen molar-refractivity contribution in [3.63, 3.8) is 0 Å². The van der Waals surface area contributed by atoms with E-state index in [-0.39, 0.29) is 5.96 Å². The second-order valence-corrected chi connectivity index (χ2v) is 5.26. The van der Waals surface area contributed by atoms with Gasteiger partial charge >= 0.3 is 0 Å². The average Bonchev–Trinajstić information content (AvgIpc) is 2.27. The van der Waals surface area contributed by atoms with Crippen LogP contribution < -0.4 is 11.5 Å². The monoisotopic (exact) mass is 280 g/mol. The van der Waals surface area contributed by atoms with Crippen LogP contribution in [0.3, 0.4) is 0 Å². The van der Waals surface area contributed by atoms with Gasteiger partial charge in [0, 0.05) is 18.0 Å². The maximum Gasteiger partial charge on any atom is 0.216 e. The van der Waals surface area contributed by atoms with Gasteiger partial charge in [-0.15, -0.1) is 0 Å². The Hall–Kier alpha value is -1.55. The van der Waals surface area contributed by atoms with Crippen molar-refractivity contribution in [3.05, 3.63) is 34.9 Å². The normalized spacial score (nSPS) is 13.1. The molecule has 0 saturated carbocycles. The number of benzene rings is 1. The Morgan fingerprint density at radius 1 is 1.32 bits per heavy atom. The van der Waals surface area contributed by atoms with E-state index >= 15 is 0 Å². The minimum atomic E-state index is 0.236. The molecule has 0 aliphatic heterocycles. The lowest BCUT2D eigenvalue weighted by molar-refractivity contribution is 0.681. The Balaban J connectivity index is 2.48. The van der Waals surface area contributed by atoms with Crippen LogP contribution in [-0.2, 0) is 6.42 Å². The van der Waals surface area contributed by atoms with Crippen molar-refractivity contribution in [2.24, 2.45) is 27.4 Å². The summed E-state index contributed by atoms with van der Waals surface area (Å²) in [6.45, 7) is 4.73. The molecule has 0 amide bonds. The quantitative estimate of drug-likeness (QED) is 0.642. The van der Waals surface area contributed by atoms with Crippen LogP contribution in [0.4, 0.5) is 0 Å². The van der Waals surface area contributed by atoms with Gasteiger partial charge in [-0.25, -0.2) is 4.99 Å². The fourth-order valence-electron chi connectivity index (χ4n) is 1.64. The molecule has 19 heavy (non-hydrogen) atoms. The highest BCUT2D eigenvalue weighted by atomic mass is 35.5. The van der Waals surface area contributed by atoms with Gasteiger partial charge in [0.25, 0.3) is 0 Å². The molecule has 0 spiro atoms. The molecule has 1 rings (SSSR count). The maximum atomic E-state index is 5.90. The Morgan fingerprint density at radius 3 is 2.68 bits per heavy atom. The topological polar surface area (TPSA) is 76.8 Å². The van der Waals surface area contributed by atoms with Gasteiger partial charge in [-0.1, -0.05) is 37.6 Å². The predicted molar refractivity (Wildman–Crippen MR) is 82.7 cm³/mol. The number of halogens is 1. The van der Waals surface area contributed by atoms with Gasteiger partial charge in [-0.05, 0) is 30.0 Å². The summed E-state index contributed by atoms with van der Waals surface area (Å²) in [5, 5.41) is 0.730. The Morgan fingerprint density at radius 2 is 2.05 bits per heavy atom. The molecule has 0 radical (unpaired) electrons. The zero-order valence-corrected chi connectivity index (χ0v) is 12.2. The average molecular weight is 281 g/mol. The summed E-state index contributed by atoms with van der Waals surface area (Å²) in [5.41, 5.74) is 12.6. The van der Waals surface area contributed by atoms with E-state index in [1.807, 2.05) is 24.3 Å². The highest BCUT2D eigenvalue weighted by molar-refractivity contribution is 6.30. The molecular formula is C14H21ClN4. The summed E-state index contributed by atoms with van der Waals surface area (Å²) in [6.07, 6.45) is 1.51. The molecule has 0 aromatic heterocycles. The molecule has 1 aromatic carbocycles. The number of guanidine groups is 1. The SMILES string of the molecule is CC(C)CC(N)=NC(N)=NCCc1cccc(Cl)c1. The van der Waals surface area contributed by atoms with Crippen molar-refractivity contribution >= 4 is 23.4 Å². The first-order valence-electron chi connectivity index (χ1n) is 6.34. The lowest BCUT2D eigenvalue weighted by Gasteiger charge is -2.03. The van der Waals surface area contributed by atoms with Gasteiger partial charge in [0.15, 0.2) is 0 Å². The number of rotatable bonds is 5. The van der Waals surface area contributed by atoms with Crippen molar-refractivity contribution in [2.75, 3.05) is 6.54 Å². The minimum absolute atomic E-state index is 0.236. The summed E-state index contributed by atoms with van der Waals surface area (Å²) in [6, 6.07) is 7.70. The summed E-state index contributed by atoms with van der Waals surface area (Å²) >= 11 is 5.90. The van der Waals surface area contributed by atoms with E-state index in [1.54, 1.807) is 0 Å². The first-order valence-corrected chi connectivity index (χ1v) is 6.72. The summed E-state index contributed by atoms with van der Waals surface area (Å²) in [5.74, 6) is 1.22. The molecule has 0 saturated heterocycles. The van der Waals surface area contributed by atoms with Crippen molar-refractivity contribution in [1.82, 2.24) is 0 Å². The molecular weight excluding hydrogens is 260 g/mol. The van der Waals surface area contributed by atoms with E-state index in [0.29, 0.717) is 18.3 Å². The van der Waals surface area contributed by atoms with Crippen molar-refractivity contribution in [1.29, 1.82) is 0 Å². The maximum absolute atomic E-state index is 5.90. The molecule has 0 bridgehead atoms. The summed E-state index contributed by atoms with van der Waals surface area (Å²) < 4.78 is 0. The van der Waals surface area contributed by atoms with E-state index < -0.39 is 0 Å². The van der Waals surface area contributed by atoms with E-state index in [0.717, 1.165) is 23.4 Å². The van der Waals surface area contributed by atoms with Crippen molar-refractivity contribution in [2.45, 2.75) is 26.7 Å². The smallest absolute Gasteiger partial charge is 0.216 e. The van der Waals surface area contributed by atoms with Crippen LogP contribution in [0, 0.1) is 5.92 Å². The standard InChI is InChI=1S/C14H21ClN4/c1-10(2)8-13(16)19-14(17)18-7-6-11-4-3-5-12(15)9-11/h3-5,9-10H,6-8H2,1-2H3,(H4,16,17,18,19). The first kappa shape index (κ1) is 15.5. The van der Waals surface area contributed by atoms with Crippen LogP contribution in [0.1, 0.15) is 25.8 Å². The predicted octanol–water partition coefficient (Wildman–Crippen LogP) is 2.60. The Labute approximate surface area is 119 Å². The molecule has 5 heteroatoms. The third-order valence-electron chi connectivity index (χ3n) is 2.44. The molecule has 0 atom stereocenters. The summed E-state index contributed by atoms with van der Waals surface area (Å²) in [4.78, 5) is 8.24. The highest BCUT2D eigenvalue weighted by Crippen LogP contribution is 2.10. The number of amidine groups is 1. The Kier molecular flexibility index (Phi) is 6.36. The second kappa shape index (κ2) is 7.79. The summed E-state index contributed by atoms with van der Waals surface area (Å²) in [7, 11) is 0. The molecule has 104 valence electrons. The fourth-order valence-corrected chi connectivity index (χ4v) is 1.85. The van der Waals surface area contributed by atoms with E-state index in [4.69, 9.17) is 23.1 Å². The van der Waals surface area contributed by atoms with Gasteiger partial charge in [-0.3, -0.25) is 4.99 Å². The highest BCUT2D eigenvalue weighted by Gasteiger charge is 1.99. The van der Waals surface area contributed by atoms with Crippen molar-refractivity contribution in [3.8, 4) is 0 Å². The number of nitrogens with zero attached hydrogens (tertiary/aromatic N) is 2. The van der Waals surface area contributed by atoms with Crippen LogP contribution in [0.2, 0.25) is 5.02 Å². The van der Waals surface area contributed by atoms with Gasteiger partial charge in [0.1, 0.15) is 5.84 Å². The third-order valence-corrected chi connectivity index (χ3v) is 2.67. The second-order valence-electron chi connectivity index (χ2n) is 4.82. The van der Waals surface area contributed by atoms with Gasteiger partial charge in [0.2, 0.25) is 5.96 Å². The molecule has 0 aliphatic rings. The number of hydrogen-bond donors (Lipinski definition) is 2. The number of nitrogens with two attached hydrogens (primary N) is 2. The fraction of sp³-hybridized carbons (Fsp3) is 0.429. The minimum Gasteiger partial charge on any atom is -0.387 e. The largest absolute Gasteiger partial charge is 0.387 e. The zero-order chi connectivity index (χ0) is 14.3. The van der Waals surface area contributed by atoms with E-state index in [2.05, 4.69) is 23.8 Å². The van der Waals surface area contributed by atoms with Crippen LogP contribution in [0.25, 0.3) is 0 Å². The molecule has 0 aliphatic carbocycles. The van der Waals surface area contributed by atoms with E-state index in [9.17, 15) is 0 Å². The molecule has 4 nitrogen and oxygen atoms in total. The van der Waals surface area contributed by atoms with E-state index in [1.165, 1.54) is 0 Å². The van der Waals surface area contributed by atoms with Gasteiger partial charge in [-0.2, -0.15) is 0 Å². The van der Waals surface area contributed by atoms with Gasteiger partial charge < -0.3 is 11.5 Å². The lowest BCUT2D eigenvalue weighted by Crippen LogP contribution is -2.20. The van der Waals surface area contributed by atoms with Crippen LogP contribution >= 0.6 is 11.6 Å². The van der Waals surface area contributed by atoms with Crippen LogP contribution in [0.15, 0.2) is 34.3 Å². The third kappa shape index (κ3) is 6.82. The molecule has 0 fully saturated rings.